The van der Waals surface area contributed by atoms with E-state index in [1.807, 2.05) is 43.2 Å². The van der Waals surface area contributed by atoms with Crippen LogP contribution in [-0.4, -0.2) is 56.9 Å². The van der Waals surface area contributed by atoms with Crippen LogP contribution in [0.1, 0.15) is 16.7 Å². The zero-order chi connectivity index (χ0) is 22.3. The Morgan fingerprint density at radius 2 is 1.81 bits per heavy atom. The van der Waals surface area contributed by atoms with Crippen LogP contribution in [0.25, 0.3) is 10.9 Å². The van der Waals surface area contributed by atoms with E-state index in [-0.39, 0.29) is 19.0 Å². The molecular weight excluding hydrogens is 509 g/mol. The molecule has 0 bridgehead atoms. The molecule has 0 fully saturated rings. The van der Waals surface area contributed by atoms with Crippen molar-refractivity contribution in [2.45, 2.75) is 20.0 Å². The van der Waals surface area contributed by atoms with Gasteiger partial charge < -0.3 is 10.0 Å². The number of carboxylic acids is 1. The molecule has 9 heteroatoms. The summed E-state index contributed by atoms with van der Waals surface area (Å²) in [5.41, 5.74) is 4.94. The standard InChI is InChI=1S/C22H24IN5O3/c1-14-8-17-19(25(2)24-22(17)23)9-18(14)27(13-21(30)31)12-20(29)26(3)28-10-15-6-4-5-7-16(15)11-28/h4-9H,10-13H2,1-3H3,(H,30,31). The fourth-order valence-electron chi connectivity index (χ4n) is 4.04. The van der Waals surface area contributed by atoms with Crippen LogP contribution >= 0.6 is 22.6 Å². The van der Waals surface area contributed by atoms with Gasteiger partial charge in [0.1, 0.15) is 10.2 Å². The first-order valence-electron chi connectivity index (χ1n) is 9.92. The van der Waals surface area contributed by atoms with Gasteiger partial charge in [0.2, 0.25) is 0 Å². The number of likely N-dealkylation sites (N-methyl/N-ethyl adjacent to an activating group) is 1. The Morgan fingerprint density at radius 3 is 2.42 bits per heavy atom. The molecule has 1 amide bonds. The number of amides is 1. The summed E-state index contributed by atoms with van der Waals surface area (Å²) >= 11 is 2.19. The highest BCUT2D eigenvalue weighted by Crippen LogP contribution is 2.29. The van der Waals surface area contributed by atoms with Gasteiger partial charge in [-0.05, 0) is 58.3 Å². The molecule has 0 atom stereocenters. The minimum atomic E-state index is -0.983. The van der Waals surface area contributed by atoms with Crippen molar-refractivity contribution in [1.29, 1.82) is 0 Å². The lowest BCUT2D eigenvalue weighted by atomic mass is 10.1. The highest BCUT2D eigenvalue weighted by molar-refractivity contribution is 14.1. The molecule has 2 aromatic carbocycles. The largest absolute Gasteiger partial charge is 0.480 e. The topological polar surface area (TPSA) is 81.9 Å². The summed E-state index contributed by atoms with van der Waals surface area (Å²) in [5, 5.41) is 18.5. The third-order valence-corrected chi connectivity index (χ3v) is 6.52. The van der Waals surface area contributed by atoms with Gasteiger partial charge in [0.05, 0.1) is 12.1 Å². The van der Waals surface area contributed by atoms with Crippen LogP contribution in [0.3, 0.4) is 0 Å². The predicted molar refractivity (Wildman–Crippen MR) is 126 cm³/mol. The van der Waals surface area contributed by atoms with Crippen LogP contribution in [0.4, 0.5) is 5.69 Å². The zero-order valence-corrected chi connectivity index (χ0v) is 19.8. The maximum Gasteiger partial charge on any atom is 0.323 e. The summed E-state index contributed by atoms with van der Waals surface area (Å²) in [6.45, 7) is 2.96. The van der Waals surface area contributed by atoms with Crippen molar-refractivity contribution in [2.24, 2.45) is 7.05 Å². The lowest BCUT2D eigenvalue weighted by molar-refractivity contribution is -0.145. The van der Waals surface area contributed by atoms with E-state index in [9.17, 15) is 14.7 Å². The molecule has 1 aliphatic heterocycles. The Morgan fingerprint density at radius 1 is 1.16 bits per heavy atom. The average Bonchev–Trinajstić information content (AvgIpc) is 3.26. The Bertz CT molecular complexity index is 1150. The third-order valence-electron chi connectivity index (χ3n) is 5.73. The summed E-state index contributed by atoms with van der Waals surface area (Å²) in [5.74, 6) is -1.14. The van der Waals surface area contributed by atoms with Gasteiger partial charge in [-0.3, -0.25) is 19.3 Å². The number of carbonyl (C=O) groups excluding carboxylic acids is 1. The molecule has 2 heterocycles. The molecule has 31 heavy (non-hydrogen) atoms. The number of anilines is 1. The fraction of sp³-hybridized carbons (Fsp3) is 0.318. The molecule has 3 aromatic rings. The van der Waals surface area contributed by atoms with Gasteiger partial charge in [-0.1, -0.05) is 24.3 Å². The normalized spacial score (nSPS) is 13.4. The molecular formula is C22H24IN5O3. The van der Waals surface area contributed by atoms with Gasteiger partial charge in [-0.2, -0.15) is 5.10 Å². The molecule has 4 rings (SSSR count). The van der Waals surface area contributed by atoms with Crippen LogP contribution < -0.4 is 4.90 Å². The van der Waals surface area contributed by atoms with Crippen LogP contribution in [0.2, 0.25) is 0 Å². The number of aromatic nitrogens is 2. The zero-order valence-electron chi connectivity index (χ0n) is 17.7. The maximum absolute atomic E-state index is 13.1. The Labute approximate surface area is 194 Å². The molecule has 1 N–H and O–H groups in total. The molecule has 0 unspecified atom stereocenters. The van der Waals surface area contributed by atoms with Crippen LogP contribution in [-0.2, 0) is 29.7 Å². The predicted octanol–water partition coefficient (Wildman–Crippen LogP) is 2.77. The van der Waals surface area contributed by atoms with Gasteiger partial charge in [0, 0.05) is 38.3 Å². The molecule has 0 radical (unpaired) electrons. The quantitative estimate of drug-likeness (QED) is 0.491. The summed E-state index contributed by atoms with van der Waals surface area (Å²) in [6.07, 6.45) is 0. The number of hydrogen-bond acceptors (Lipinski definition) is 5. The van der Waals surface area contributed by atoms with Gasteiger partial charge in [0.15, 0.2) is 0 Å². The van der Waals surface area contributed by atoms with E-state index in [0.717, 1.165) is 25.9 Å². The van der Waals surface area contributed by atoms with Crippen molar-refractivity contribution >= 4 is 51.1 Å². The number of rotatable bonds is 6. The Balaban J connectivity index is 1.58. The second-order valence-electron chi connectivity index (χ2n) is 7.83. The number of carbonyl (C=O) groups is 2. The number of aryl methyl sites for hydroxylation is 2. The second kappa shape index (κ2) is 8.46. The van der Waals surface area contributed by atoms with Gasteiger partial charge >= 0.3 is 5.97 Å². The summed E-state index contributed by atoms with van der Waals surface area (Å²) in [4.78, 5) is 26.3. The molecule has 1 aromatic heterocycles. The first-order chi connectivity index (χ1) is 14.7. The first kappa shape index (κ1) is 21.6. The van der Waals surface area contributed by atoms with E-state index in [4.69, 9.17) is 0 Å². The SMILES string of the molecule is Cc1cc2c(I)nn(C)c2cc1N(CC(=O)O)CC(=O)N(C)N1Cc2ccccc2C1. The van der Waals surface area contributed by atoms with E-state index < -0.39 is 5.97 Å². The van der Waals surface area contributed by atoms with Crippen molar-refractivity contribution < 1.29 is 14.7 Å². The fourth-order valence-corrected chi connectivity index (χ4v) is 4.79. The monoisotopic (exact) mass is 533 g/mol. The number of carboxylic acid groups (broad SMARTS) is 1. The Hall–Kier alpha value is -2.66. The molecule has 162 valence electrons. The number of fused-ring (bicyclic) bond motifs is 2. The van der Waals surface area contributed by atoms with Crippen molar-refractivity contribution in [1.82, 2.24) is 19.8 Å². The van der Waals surface area contributed by atoms with Gasteiger partial charge in [-0.25, -0.2) is 5.01 Å². The molecule has 0 saturated carbocycles. The van der Waals surface area contributed by atoms with Crippen molar-refractivity contribution in [3.8, 4) is 0 Å². The lowest BCUT2D eigenvalue weighted by Gasteiger charge is -2.31. The van der Waals surface area contributed by atoms with Crippen molar-refractivity contribution in [2.75, 3.05) is 25.0 Å². The van der Waals surface area contributed by atoms with E-state index in [1.165, 1.54) is 11.1 Å². The van der Waals surface area contributed by atoms with Crippen molar-refractivity contribution in [3.63, 3.8) is 0 Å². The van der Waals surface area contributed by atoms with Crippen molar-refractivity contribution in [3.05, 3.63) is 56.8 Å². The van der Waals surface area contributed by atoms with Crippen LogP contribution in [0.5, 0.6) is 0 Å². The molecule has 1 aliphatic rings. The highest BCUT2D eigenvalue weighted by atomic mass is 127. The summed E-state index contributed by atoms with van der Waals surface area (Å²) in [6, 6.07) is 12.0. The number of nitrogens with zero attached hydrogens (tertiary/aromatic N) is 5. The second-order valence-corrected chi connectivity index (χ2v) is 8.85. The Kier molecular flexibility index (Phi) is 5.89. The summed E-state index contributed by atoms with van der Waals surface area (Å²) in [7, 11) is 3.60. The maximum atomic E-state index is 13.1. The highest BCUT2D eigenvalue weighted by Gasteiger charge is 2.27. The number of hydrazine groups is 1. The van der Waals surface area contributed by atoms with Gasteiger partial charge in [0.25, 0.3) is 5.91 Å². The molecule has 0 spiro atoms. The van der Waals surface area contributed by atoms with E-state index in [0.29, 0.717) is 13.1 Å². The number of hydrogen-bond donors (Lipinski definition) is 1. The van der Waals surface area contributed by atoms with Crippen LogP contribution in [0, 0.1) is 10.6 Å². The summed E-state index contributed by atoms with van der Waals surface area (Å²) < 4.78 is 2.66. The van der Waals surface area contributed by atoms with Gasteiger partial charge in [-0.15, -0.1) is 0 Å². The van der Waals surface area contributed by atoms with E-state index in [2.05, 4.69) is 39.8 Å². The average molecular weight is 533 g/mol. The first-order valence-corrected chi connectivity index (χ1v) is 11.0. The van der Waals surface area contributed by atoms with E-state index >= 15 is 0 Å². The number of halogens is 1. The minimum absolute atomic E-state index is 0.0308. The minimum Gasteiger partial charge on any atom is -0.480 e. The third kappa shape index (κ3) is 4.24. The number of aliphatic carboxylic acids is 1. The number of benzene rings is 2. The van der Waals surface area contributed by atoms with Crippen LogP contribution in [0.15, 0.2) is 36.4 Å². The smallest absolute Gasteiger partial charge is 0.323 e. The molecule has 0 saturated heterocycles. The molecule has 8 nitrogen and oxygen atoms in total. The van der Waals surface area contributed by atoms with E-state index in [1.54, 1.807) is 21.6 Å². The lowest BCUT2D eigenvalue weighted by Crippen LogP contribution is -2.47. The molecule has 0 aliphatic carbocycles.